The van der Waals surface area contributed by atoms with Crippen molar-refractivity contribution in [2.24, 2.45) is 5.10 Å². The first-order valence-corrected chi connectivity index (χ1v) is 7.50. The number of carbonyl (C=O) groups is 2. The Morgan fingerprint density at radius 3 is 2.35 bits per heavy atom. The molecule has 0 saturated carbocycles. The highest BCUT2D eigenvalue weighted by molar-refractivity contribution is 6.05. The fourth-order valence-electron chi connectivity index (χ4n) is 2.42. The van der Waals surface area contributed by atoms with E-state index < -0.39 is 0 Å². The molecule has 0 fully saturated rings. The molecule has 2 aromatic carbocycles. The van der Waals surface area contributed by atoms with Crippen LogP contribution in [-0.2, 0) is 9.59 Å². The Morgan fingerprint density at radius 2 is 1.65 bits per heavy atom. The molecule has 1 aliphatic rings. The van der Waals surface area contributed by atoms with E-state index in [4.69, 9.17) is 0 Å². The number of benzene rings is 2. The standard InChI is InChI=1S/C18H17N3O2/c22-17(19-15-9-5-2-6-10-15)13-21-18(23)12-11-16(20-21)14-7-3-1-4-8-14/h1-10H,11-13H2,(H,19,22). The highest BCUT2D eigenvalue weighted by atomic mass is 16.2. The highest BCUT2D eigenvalue weighted by Gasteiger charge is 2.23. The van der Waals surface area contributed by atoms with E-state index in [-0.39, 0.29) is 18.4 Å². The van der Waals surface area contributed by atoms with Crippen molar-refractivity contribution in [3.05, 3.63) is 66.2 Å². The Bertz CT molecular complexity index is 726. The van der Waals surface area contributed by atoms with Gasteiger partial charge in [-0.2, -0.15) is 5.10 Å². The molecule has 0 atom stereocenters. The molecule has 3 rings (SSSR count). The minimum absolute atomic E-state index is 0.0793. The molecule has 1 heterocycles. The van der Waals surface area contributed by atoms with E-state index in [1.807, 2.05) is 48.5 Å². The Balaban J connectivity index is 1.70. The van der Waals surface area contributed by atoms with Crippen molar-refractivity contribution in [3.8, 4) is 0 Å². The fourth-order valence-corrected chi connectivity index (χ4v) is 2.42. The number of nitrogens with zero attached hydrogens (tertiary/aromatic N) is 2. The molecule has 0 bridgehead atoms. The lowest BCUT2D eigenvalue weighted by Gasteiger charge is -2.23. The summed E-state index contributed by atoms with van der Waals surface area (Å²) in [6.07, 6.45) is 0.964. The second-order valence-electron chi connectivity index (χ2n) is 5.28. The van der Waals surface area contributed by atoms with Gasteiger partial charge in [-0.1, -0.05) is 48.5 Å². The van der Waals surface area contributed by atoms with Gasteiger partial charge in [0.05, 0.1) is 5.71 Å². The predicted molar refractivity (Wildman–Crippen MR) is 89.0 cm³/mol. The topological polar surface area (TPSA) is 61.8 Å². The lowest BCUT2D eigenvalue weighted by Crippen LogP contribution is -2.37. The Hall–Kier alpha value is -2.95. The molecule has 0 aliphatic carbocycles. The molecular formula is C18H17N3O2. The second-order valence-corrected chi connectivity index (χ2v) is 5.28. The van der Waals surface area contributed by atoms with Gasteiger partial charge in [-0.05, 0) is 17.7 Å². The third-order valence-corrected chi connectivity index (χ3v) is 3.56. The van der Waals surface area contributed by atoms with Crippen molar-refractivity contribution in [1.82, 2.24) is 5.01 Å². The van der Waals surface area contributed by atoms with Crippen LogP contribution in [0.25, 0.3) is 0 Å². The maximum atomic E-state index is 12.1. The molecule has 1 N–H and O–H groups in total. The third-order valence-electron chi connectivity index (χ3n) is 3.56. The number of rotatable bonds is 4. The van der Waals surface area contributed by atoms with Crippen LogP contribution in [0.4, 0.5) is 5.69 Å². The molecule has 116 valence electrons. The number of nitrogens with one attached hydrogen (secondary N) is 1. The first kappa shape index (κ1) is 15.0. The summed E-state index contributed by atoms with van der Waals surface area (Å²) in [6.45, 7) is -0.0793. The number of anilines is 1. The first-order valence-electron chi connectivity index (χ1n) is 7.50. The van der Waals surface area contributed by atoms with Crippen LogP contribution in [0.1, 0.15) is 18.4 Å². The van der Waals surface area contributed by atoms with Crippen molar-refractivity contribution >= 4 is 23.2 Å². The van der Waals surface area contributed by atoms with E-state index in [1.165, 1.54) is 5.01 Å². The normalized spacial score (nSPS) is 14.3. The number of hydrogen-bond donors (Lipinski definition) is 1. The van der Waals surface area contributed by atoms with Crippen LogP contribution in [-0.4, -0.2) is 29.1 Å². The van der Waals surface area contributed by atoms with Crippen LogP contribution in [0.5, 0.6) is 0 Å². The van der Waals surface area contributed by atoms with Gasteiger partial charge in [0.15, 0.2) is 0 Å². The van der Waals surface area contributed by atoms with Gasteiger partial charge >= 0.3 is 0 Å². The van der Waals surface area contributed by atoms with Crippen LogP contribution in [0, 0.1) is 0 Å². The van der Waals surface area contributed by atoms with Crippen molar-refractivity contribution in [2.45, 2.75) is 12.8 Å². The molecule has 23 heavy (non-hydrogen) atoms. The maximum absolute atomic E-state index is 12.1. The van der Waals surface area contributed by atoms with Gasteiger partial charge in [0, 0.05) is 18.5 Å². The molecule has 5 nitrogen and oxygen atoms in total. The summed E-state index contributed by atoms with van der Waals surface area (Å²) in [5.41, 5.74) is 2.51. The van der Waals surface area contributed by atoms with Gasteiger partial charge < -0.3 is 5.32 Å². The van der Waals surface area contributed by atoms with Crippen LogP contribution >= 0.6 is 0 Å². The zero-order chi connectivity index (χ0) is 16.1. The van der Waals surface area contributed by atoms with E-state index in [1.54, 1.807) is 12.1 Å². The van der Waals surface area contributed by atoms with Gasteiger partial charge in [-0.3, -0.25) is 9.59 Å². The number of para-hydroxylation sites is 1. The molecule has 0 spiro atoms. The predicted octanol–water partition coefficient (Wildman–Crippen LogP) is 2.65. The molecule has 0 aromatic heterocycles. The summed E-state index contributed by atoms with van der Waals surface area (Å²) in [7, 11) is 0. The molecule has 5 heteroatoms. The number of carbonyl (C=O) groups excluding carboxylic acids is 2. The smallest absolute Gasteiger partial charge is 0.246 e. The van der Waals surface area contributed by atoms with Crippen LogP contribution < -0.4 is 5.32 Å². The molecule has 0 unspecified atom stereocenters. The maximum Gasteiger partial charge on any atom is 0.246 e. The third kappa shape index (κ3) is 3.83. The highest BCUT2D eigenvalue weighted by Crippen LogP contribution is 2.15. The monoisotopic (exact) mass is 307 g/mol. The number of hydrogen-bond acceptors (Lipinski definition) is 3. The van der Waals surface area contributed by atoms with E-state index in [0.717, 1.165) is 11.3 Å². The van der Waals surface area contributed by atoms with Crippen LogP contribution in [0.3, 0.4) is 0 Å². The average molecular weight is 307 g/mol. The fraction of sp³-hybridized carbons (Fsp3) is 0.167. The second kappa shape index (κ2) is 6.87. The molecule has 0 radical (unpaired) electrons. The summed E-state index contributed by atoms with van der Waals surface area (Å²) in [4.78, 5) is 24.1. The lowest BCUT2D eigenvalue weighted by atomic mass is 10.0. The number of amides is 2. The zero-order valence-electron chi connectivity index (χ0n) is 12.6. The van der Waals surface area contributed by atoms with E-state index in [2.05, 4.69) is 10.4 Å². The Kier molecular flexibility index (Phi) is 4.47. The first-order chi connectivity index (χ1) is 11.2. The summed E-state index contributed by atoms with van der Waals surface area (Å²) in [5, 5.41) is 8.37. The van der Waals surface area contributed by atoms with Gasteiger partial charge in [0.25, 0.3) is 0 Å². The van der Waals surface area contributed by atoms with Crippen LogP contribution in [0.2, 0.25) is 0 Å². The van der Waals surface area contributed by atoms with Gasteiger partial charge in [0.2, 0.25) is 11.8 Å². The van der Waals surface area contributed by atoms with E-state index in [0.29, 0.717) is 18.5 Å². The minimum atomic E-state index is -0.261. The SMILES string of the molecule is O=C(CN1N=C(c2ccccc2)CCC1=O)Nc1ccccc1. The summed E-state index contributed by atoms with van der Waals surface area (Å²) >= 11 is 0. The largest absolute Gasteiger partial charge is 0.324 e. The molecule has 1 aliphatic heterocycles. The number of hydrazone groups is 1. The van der Waals surface area contributed by atoms with Crippen molar-refractivity contribution < 1.29 is 9.59 Å². The molecule has 2 aromatic rings. The average Bonchev–Trinajstić information content (AvgIpc) is 2.58. The lowest BCUT2D eigenvalue weighted by molar-refractivity contribution is -0.135. The van der Waals surface area contributed by atoms with Crippen molar-refractivity contribution in [3.63, 3.8) is 0 Å². The van der Waals surface area contributed by atoms with Crippen molar-refractivity contribution in [1.29, 1.82) is 0 Å². The van der Waals surface area contributed by atoms with E-state index >= 15 is 0 Å². The summed E-state index contributed by atoms with van der Waals surface area (Å²) in [5.74, 6) is -0.393. The minimum Gasteiger partial charge on any atom is -0.324 e. The van der Waals surface area contributed by atoms with Gasteiger partial charge in [0.1, 0.15) is 6.54 Å². The molecule has 0 saturated heterocycles. The van der Waals surface area contributed by atoms with E-state index in [9.17, 15) is 9.59 Å². The van der Waals surface area contributed by atoms with Crippen LogP contribution in [0.15, 0.2) is 65.8 Å². The zero-order valence-corrected chi connectivity index (χ0v) is 12.6. The Labute approximate surface area is 134 Å². The van der Waals surface area contributed by atoms with Gasteiger partial charge in [-0.15, -0.1) is 0 Å². The molecule has 2 amide bonds. The summed E-state index contributed by atoms with van der Waals surface area (Å²) in [6, 6.07) is 18.9. The summed E-state index contributed by atoms with van der Waals surface area (Å²) < 4.78 is 0. The Morgan fingerprint density at radius 1 is 1.00 bits per heavy atom. The van der Waals surface area contributed by atoms with Gasteiger partial charge in [-0.25, -0.2) is 5.01 Å². The van der Waals surface area contributed by atoms with Crippen molar-refractivity contribution in [2.75, 3.05) is 11.9 Å². The quantitative estimate of drug-likeness (QED) is 0.944. The molecular weight excluding hydrogens is 290 g/mol.